The van der Waals surface area contributed by atoms with Crippen molar-refractivity contribution in [2.75, 3.05) is 0 Å². The van der Waals surface area contributed by atoms with Crippen LogP contribution in [0.1, 0.15) is 0 Å². The Morgan fingerprint density at radius 3 is 1.65 bits per heavy atom. The molecule has 2 heteroatoms. The average Bonchev–Trinajstić information content (AvgIpc) is 3.83. The van der Waals surface area contributed by atoms with Gasteiger partial charge in [-0.15, -0.1) is 0 Å². The predicted molar refractivity (Wildman–Crippen MR) is 220 cm³/mol. The van der Waals surface area contributed by atoms with Crippen LogP contribution in [0, 0.1) is 0 Å². The Morgan fingerprint density at radius 1 is 0.269 bits per heavy atom. The van der Waals surface area contributed by atoms with Gasteiger partial charge in [-0.2, -0.15) is 0 Å². The summed E-state index contributed by atoms with van der Waals surface area (Å²) in [5, 5.41) is 10.2. The maximum Gasteiger partial charge on any atom is 0.0547 e. The largest absolute Gasteiger partial charge is 0.309 e. The zero-order chi connectivity index (χ0) is 33.9. The van der Waals surface area contributed by atoms with Crippen molar-refractivity contribution in [1.82, 2.24) is 9.13 Å². The number of hydrogen-bond acceptors (Lipinski definition) is 0. The summed E-state index contributed by atoms with van der Waals surface area (Å²) in [6.45, 7) is 0. The summed E-state index contributed by atoms with van der Waals surface area (Å²) in [7, 11) is 0. The van der Waals surface area contributed by atoms with Gasteiger partial charge >= 0.3 is 0 Å². The fourth-order valence-corrected chi connectivity index (χ4v) is 9.12. The summed E-state index contributed by atoms with van der Waals surface area (Å²) in [5.74, 6) is 0. The van der Waals surface area contributed by atoms with E-state index < -0.39 is 0 Å². The highest BCUT2D eigenvalue weighted by molar-refractivity contribution is 6.17. The molecule has 0 bridgehead atoms. The predicted octanol–water partition coefficient (Wildman–Crippen LogP) is 13.5. The molecule has 0 saturated heterocycles. The van der Waals surface area contributed by atoms with Crippen LogP contribution >= 0.6 is 0 Å². The fraction of sp³-hybridized carbons (Fsp3) is 0. The molecule has 0 saturated carbocycles. The van der Waals surface area contributed by atoms with E-state index in [4.69, 9.17) is 0 Å². The first-order valence-electron chi connectivity index (χ1n) is 18.0. The van der Waals surface area contributed by atoms with Gasteiger partial charge < -0.3 is 9.13 Å². The van der Waals surface area contributed by atoms with E-state index in [0.717, 1.165) is 5.69 Å². The molecular formula is C50H30N2. The molecule has 2 heterocycles. The summed E-state index contributed by atoms with van der Waals surface area (Å²) < 4.78 is 4.88. The second-order valence-electron chi connectivity index (χ2n) is 14.1. The molecule has 11 aromatic rings. The Labute approximate surface area is 300 Å². The minimum absolute atomic E-state index is 1.16. The summed E-state index contributed by atoms with van der Waals surface area (Å²) in [4.78, 5) is 0. The topological polar surface area (TPSA) is 9.86 Å². The monoisotopic (exact) mass is 658 g/mol. The van der Waals surface area contributed by atoms with Gasteiger partial charge in [-0.3, -0.25) is 0 Å². The van der Waals surface area contributed by atoms with Crippen LogP contribution in [0.2, 0.25) is 0 Å². The Balaban J connectivity index is 1.06. The van der Waals surface area contributed by atoms with E-state index in [2.05, 4.69) is 191 Å². The van der Waals surface area contributed by atoms with Gasteiger partial charge in [0.05, 0.1) is 22.1 Å². The molecular weight excluding hydrogens is 629 g/mol. The number of nitrogens with zero attached hydrogens (tertiary/aromatic N) is 2. The summed E-state index contributed by atoms with van der Waals surface area (Å²) in [5.41, 5.74) is 14.9. The zero-order valence-corrected chi connectivity index (χ0v) is 28.2. The molecule has 52 heavy (non-hydrogen) atoms. The Hall–Kier alpha value is -6.90. The average molecular weight is 659 g/mol. The lowest BCUT2D eigenvalue weighted by Crippen LogP contribution is -1.96. The van der Waals surface area contributed by atoms with Gasteiger partial charge in [0.2, 0.25) is 0 Å². The number of fused-ring (bicyclic) bond motifs is 10. The van der Waals surface area contributed by atoms with Crippen molar-refractivity contribution < 1.29 is 0 Å². The van der Waals surface area contributed by atoms with E-state index in [1.54, 1.807) is 0 Å². The fourth-order valence-electron chi connectivity index (χ4n) is 9.12. The van der Waals surface area contributed by atoms with Crippen LogP contribution in [0.25, 0.3) is 110 Å². The molecule has 0 fully saturated rings. The third-order valence-corrected chi connectivity index (χ3v) is 11.4. The van der Waals surface area contributed by atoms with E-state index in [1.807, 2.05) is 0 Å². The van der Waals surface area contributed by atoms with Crippen LogP contribution in [0.3, 0.4) is 0 Å². The highest BCUT2D eigenvalue weighted by Gasteiger charge is 2.22. The molecule has 0 radical (unpaired) electrons. The van der Waals surface area contributed by atoms with Crippen molar-refractivity contribution in [3.63, 3.8) is 0 Å². The van der Waals surface area contributed by atoms with Gasteiger partial charge in [-0.1, -0.05) is 115 Å². The molecule has 1 aliphatic carbocycles. The number of para-hydroxylation sites is 2. The van der Waals surface area contributed by atoms with Crippen LogP contribution < -0.4 is 0 Å². The van der Waals surface area contributed by atoms with Gasteiger partial charge in [-0.25, -0.2) is 0 Å². The van der Waals surface area contributed by atoms with E-state index in [9.17, 15) is 0 Å². The highest BCUT2D eigenvalue weighted by Crippen LogP contribution is 2.48. The highest BCUT2D eigenvalue weighted by atomic mass is 15.0. The Kier molecular flexibility index (Phi) is 5.53. The van der Waals surface area contributed by atoms with E-state index in [0.29, 0.717) is 0 Å². The zero-order valence-electron chi connectivity index (χ0n) is 28.2. The van der Waals surface area contributed by atoms with Crippen molar-refractivity contribution in [3.05, 3.63) is 182 Å². The summed E-state index contributed by atoms with van der Waals surface area (Å²) in [6.07, 6.45) is 0. The van der Waals surface area contributed by atoms with Crippen molar-refractivity contribution in [2.24, 2.45) is 0 Å². The molecule has 12 rings (SSSR count). The molecule has 240 valence electrons. The lowest BCUT2D eigenvalue weighted by molar-refractivity contribution is 1.17. The molecule has 0 N–H and O–H groups in total. The summed E-state index contributed by atoms with van der Waals surface area (Å²) in [6, 6.07) is 67.3. The molecule has 9 aromatic carbocycles. The van der Waals surface area contributed by atoms with Gasteiger partial charge in [0.25, 0.3) is 0 Å². The second-order valence-corrected chi connectivity index (χ2v) is 14.1. The van der Waals surface area contributed by atoms with Crippen molar-refractivity contribution >= 4 is 65.2 Å². The van der Waals surface area contributed by atoms with Crippen LogP contribution in [0.4, 0.5) is 0 Å². The Morgan fingerprint density at radius 2 is 0.846 bits per heavy atom. The molecule has 0 atom stereocenters. The first kappa shape index (κ1) is 27.9. The normalized spacial score (nSPS) is 12.2. The van der Waals surface area contributed by atoms with Crippen LogP contribution in [0.15, 0.2) is 182 Å². The SMILES string of the molecule is c1cc(-c2cc3c4c(cccc4c2)-c2ccccc2-3)cc(-n2c3ccccc3c3cc(-n4c5ccccc5c5cc6ccccc6cc54)ccc32)c1. The number of benzene rings is 9. The molecule has 0 aliphatic heterocycles. The van der Waals surface area contributed by atoms with E-state index in [-0.39, 0.29) is 0 Å². The standard InChI is InChI=1S/C50H30N2/c1-2-12-33-29-49-43(27-32(33)11-1)40-18-5-8-22-47(40)52(49)37-23-24-48-44(30-37)41-19-6-7-21-46(41)51(48)36-15-9-13-31(26-36)35-25-34-14-10-20-42-38-16-3-4-17-39(38)45(28-35)50(34)42/h1-30H. The van der Waals surface area contributed by atoms with Gasteiger partial charge in [-0.05, 0) is 122 Å². The minimum atomic E-state index is 1.16. The van der Waals surface area contributed by atoms with Crippen LogP contribution in [-0.2, 0) is 0 Å². The van der Waals surface area contributed by atoms with Gasteiger partial charge in [0.15, 0.2) is 0 Å². The lowest BCUT2D eigenvalue weighted by Gasteiger charge is -2.13. The van der Waals surface area contributed by atoms with E-state index >= 15 is 0 Å². The van der Waals surface area contributed by atoms with E-state index in [1.165, 1.54) is 104 Å². The number of aromatic nitrogens is 2. The first-order chi connectivity index (χ1) is 25.8. The maximum absolute atomic E-state index is 2.44. The minimum Gasteiger partial charge on any atom is -0.309 e. The summed E-state index contributed by atoms with van der Waals surface area (Å²) >= 11 is 0. The van der Waals surface area contributed by atoms with Gasteiger partial charge in [0.1, 0.15) is 0 Å². The number of rotatable bonds is 3. The third-order valence-electron chi connectivity index (χ3n) is 11.4. The molecule has 2 aromatic heterocycles. The van der Waals surface area contributed by atoms with Crippen LogP contribution in [0.5, 0.6) is 0 Å². The molecule has 2 nitrogen and oxygen atoms in total. The molecule has 0 unspecified atom stereocenters. The third kappa shape index (κ3) is 3.78. The maximum atomic E-state index is 2.44. The van der Waals surface area contributed by atoms with Crippen molar-refractivity contribution in [1.29, 1.82) is 0 Å². The smallest absolute Gasteiger partial charge is 0.0547 e. The lowest BCUT2D eigenvalue weighted by atomic mass is 9.96. The van der Waals surface area contributed by atoms with Crippen molar-refractivity contribution in [2.45, 2.75) is 0 Å². The van der Waals surface area contributed by atoms with Gasteiger partial charge in [0, 0.05) is 32.9 Å². The number of hydrogen-bond donors (Lipinski definition) is 0. The molecule has 1 aliphatic rings. The quantitative estimate of drug-likeness (QED) is 0.179. The van der Waals surface area contributed by atoms with Crippen molar-refractivity contribution in [3.8, 4) is 44.8 Å². The Bertz CT molecular complexity index is 3300. The first-order valence-corrected chi connectivity index (χ1v) is 18.0. The molecule has 0 spiro atoms. The molecule has 0 amide bonds. The van der Waals surface area contributed by atoms with Crippen LogP contribution in [-0.4, -0.2) is 9.13 Å². The second kappa shape index (κ2) is 10.3.